The average Bonchev–Trinajstić information content (AvgIpc) is 2.53. The zero-order valence-corrected chi connectivity index (χ0v) is 13.3. The van der Waals surface area contributed by atoms with Crippen molar-refractivity contribution < 1.29 is 9.90 Å². The lowest BCUT2D eigenvalue weighted by molar-refractivity contribution is -0.120. The maximum absolute atomic E-state index is 12.1. The van der Waals surface area contributed by atoms with E-state index in [4.69, 9.17) is 0 Å². The molecule has 1 aromatic carbocycles. The molecule has 3 nitrogen and oxygen atoms in total. The molecule has 0 heterocycles. The topological polar surface area (TPSA) is 49.3 Å². The van der Waals surface area contributed by atoms with E-state index in [9.17, 15) is 9.90 Å². The van der Waals surface area contributed by atoms with Crippen molar-refractivity contribution in [1.29, 1.82) is 0 Å². The maximum atomic E-state index is 12.1. The van der Waals surface area contributed by atoms with Crippen LogP contribution in [0.2, 0.25) is 0 Å². The van der Waals surface area contributed by atoms with Crippen molar-refractivity contribution in [3.05, 3.63) is 35.9 Å². The number of aliphatic hydroxyl groups is 1. The standard InChI is InChI=1S/C17H25NO2S/c19-12-15-9-5-4-8-14(15)11-18-17(20)16(21)10-13-6-2-1-3-7-13/h1-3,6-7,14-16,19,21H,4-5,8-12H2,(H,18,20). The van der Waals surface area contributed by atoms with E-state index in [2.05, 4.69) is 17.9 Å². The molecule has 0 aromatic heterocycles. The first kappa shape index (κ1) is 16.4. The van der Waals surface area contributed by atoms with Crippen LogP contribution in [0.15, 0.2) is 30.3 Å². The molecule has 1 fully saturated rings. The SMILES string of the molecule is O=C(NCC1CCCCC1CO)C(S)Cc1ccccc1. The maximum Gasteiger partial charge on any atom is 0.233 e. The predicted molar refractivity (Wildman–Crippen MR) is 88.5 cm³/mol. The zero-order valence-electron chi connectivity index (χ0n) is 12.4. The Labute approximate surface area is 132 Å². The number of nitrogens with one attached hydrogen (secondary N) is 1. The van der Waals surface area contributed by atoms with E-state index >= 15 is 0 Å². The highest BCUT2D eigenvalue weighted by molar-refractivity contribution is 7.81. The number of hydrogen-bond donors (Lipinski definition) is 3. The molecule has 116 valence electrons. The summed E-state index contributed by atoms with van der Waals surface area (Å²) >= 11 is 4.42. The predicted octanol–water partition coefficient (Wildman–Crippen LogP) is 2.44. The van der Waals surface area contributed by atoms with Crippen molar-refractivity contribution in [2.24, 2.45) is 11.8 Å². The van der Waals surface area contributed by atoms with Crippen LogP contribution in [0.4, 0.5) is 0 Å². The first-order chi connectivity index (χ1) is 10.2. The molecule has 0 saturated heterocycles. The summed E-state index contributed by atoms with van der Waals surface area (Å²) in [5.74, 6) is 0.737. The molecule has 4 heteroatoms. The highest BCUT2D eigenvalue weighted by Gasteiger charge is 2.25. The van der Waals surface area contributed by atoms with E-state index in [1.54, 1.807) is 0 Å². The lowest BCUT2D eigenvalue weighted by Gasteiger charge is -2.30. The number of hydrogen-bond acceptors (Lipinski definition) is 3. The van der Waals surface area contributed by atoms with Crippen LogP contribution in [0.25, 0.3) is 0 Å². The molecule has 0 bridgehead atoms. The lowest BCUT2D eigenvalue weighted by atomic mass is 9.79. The number of benzene rings is 1. The van der Waals surface area contributed by atoms with Gasteiger partial charge in [0.1, 0.15) is 0 Å². The number of carbonyl (C=O) groups excluding carboxylic acids is 1. The van der Waals surface area contributed by atoms with Crippen molar-refractivity contribution in [3.8, 4) is 0 Å². The van der Waals surface area contributed by atoms with Crippen LogP contribution in [0, 0.1) is 11.8 Å². The van der Waals surface area contributed by atoms with Crippen molar-refractivity contribution >= 4 is 18.5 Å². The molecule has 0 radical (unpaired) electrons. The number of amides is 1. The minimum absolute atomic E-state index is 0.00977. The molecule has 1 saturated carbocycles. The van der Waals surface area contributed by atoms with E-state index in [0.29, 0.717) is 24.8 Å². The minimum atomic E-state index is -0.316. The van der Waals surface area contributed by atoms with Gasteiger partial charge in [-0.25, -0.2) is 0 Å². The highest BCUT2D eigenvalue weighted by Crippen LogP contribution is 2.29. The fraction of sp³-hybridized carbons (Fsp3) is 0.588. The molecule has 1 amide bonds. The molecule has 2 N–H and O–H groups in total. The van der Waals surface area contributed by atoms with Gasteiger partial charge in [0.25, 0.3) is 0 Å². The van der Waals surface area contributed by atoms with Crippen molar-refractivity contribution in [2.45, 2.75) is 37.4 Å². The van der Waals surface area contributed by atoms with Gasteiger partial charge >= 0.3 is 0 Å². The molecule has 3 unspecified atom stereocenters. The third-order valence-corrected chi connectivity index (χ3v) is 4.83. The van der Waals surface area contributed by atoms with Gasteiger partial charge in [0.2, 0.25) is 5.91 Å². The molecule has 0 aliphatic heterocycles. The Morgan fingerprint density at radius 1 is 1.24 bits per heavy atom. The van der Waals surface area contributed by atoms with Crippen LogP contribution >= 0.6 is 12.6 Å². The summed E-state index contributed by atoms with van der Waals surface area (Å²) in [5, 5.41) is 12.1. The third-order valence-electron chi connectivity index (χ3n) is 4.41. The van der Waals surface area contributed by atoms with Gasteiger partial charge in [-0.15, -0.1) is 0 Å². The van der Waals surface area contributed by atoms with E-state index in [-0.39, 0.29) is 17.8 Å². The van der Waals surface area contributed by atoms with E-state index < -0.39 is 0 Å². The second-order valence-corrected chi connectivity index (χ2v) is 6.56. The van der Waals surface area contributed by atoms with Gasteiger partial charge in [0.05, 0.1) is 5.25 Å². The zero-order chi connectivity index (χ0) is 15.1. The highest BCUT2D eigenvalue weighted by atomic mass is 32.1. The molecule has 1 aliphatic carbocycles. The smallest absolute Gasteiger partial charge is 0.233 e. The fourth-order valence-electron chi connectivity index (χ4n) is 3.07. The van der Waals surface area contributed by atoms with Crippen LogP contribution in [-0.4, -0.2) is 29.4 Å². The molecular formula is C17H25NO2S. The van der Waals surface area contributed by atoms with Gasteiger partial charge in [0.15, 0.2) is 0 Å². The van der Waals surface area contributed by atoms with Crippen molar-refractivity contribution in [3.63, 3.8) is 0 Å². The summed E-state index contributed by atoms with van der Waals surface area (Å²) in [7, 11) is 0. The second-order valence-electron chi connectivity index (χ2n) is 5.94. The molecular weight excluding hydrogens is 282 g/mol. The Kier molecular flexibility index (Phi) is 6.58. The van der Waals surface area contributed by atoms with E-state index in [0.717, 1.165) is 18.4 Å². The van der Waals surface area contributed by atoms with Crippen LogP contribution < -0.4 is 5.32 Å². The summed E-state index contributed by atoms with van der Waals surface area (Å²) in [6, 6.07) is 9.94. The van der Waals surface area contributed by atoms with E-state index in [1.165, 1.54) is 12.8 Å². The third kappa shape index (κ3) is 5.04. The summed E-state index contributed by atoms with van der Waals surface area (Å²) in [5.41, 5.74) is 1.12. The monoisotopic (exact) mass is 307 g/mol. The van der Waals surface area contributed by atoms with Crippen LogP contribution in [-0.2, 0) is 11.2 Å². The largest absolute Gasteiger partial charge is 0.396 e. The van der Waals surface area contributed by atoms with Crippen LogP contribution in [0.5, 0.6) is 0 Å². The number of thiol groups is 1. The quantitative estimate of drug-likeness (QED) is 0.707. The average molecular weight is 307 g/mol. The normalized spacial score (nSPS) is 23.5. The van der Waals surface area contributed by atoms with Crippen LogP contribution in [0.1, 0.15) is 31.2 Å². The Balaban J connectivity index is 1.78. The molecule has 2 rings (SSSR count). The Morgan fingerprint density at radius 3 is 2.57 bits per heavy atom. The number of rotatable bonds is 6. The van der Waals surface area contributed by atoms with Gasteiger partial charge in [-0.05, 0) is 36.7 Å². The number of aliphatic hydroxyl groups excluding tert-OH is 1. The first-order valence-corrected chi connectivity index (χ1v) is 8.33. The molecule has 21 heavy (non-hydrogen) atoms. The Morgan fingerprint density at radius 2 is 1.90 bits per heavy atom. The van der Waals surface area contributed by atoms with Crippen LogP contribution in [0.3, 0.4) is 0 Å². The van der Waals surface area contributed by atoms with Gasteiger partial charge in [-0.3, -0.25) is 4.79 Å². The van der Waals surface area contributed by atoms with E-state index in [1.807, 2.05) is 30.3 Å². The summed E-state index contributed by atoms with van der Waals surface area (Å²) < 4.78 is 0. The van der Waals surface area contributed by atoms with Crippen molar-refractivity contribution in [2.75, 3.05) is 13.2 Å². The number of carbonyl (C=O) groups is 1. The first-order valence-electron chi connectivity index (χ1n) is 7.81. The lowest BCUT2D eigenvalue weighted by Crippen LogP contribution is -2.39. The summed E-state index contributed by atoms with van der Waals surface area (Å²) in [6.45, 7) is 0.894. The van der Waals surface area contributed by atoms with Gasteiger partial charge in [-0.2, -0.15) is 12.6 Å². The van der Waals surface area contributed by atoms with Crippen molar-refractivity contribution in [1.82, 2.24) is 5.32 Å². The summed E-state index contributed by atoms with van der Waals surface area (Å²) in [6.07, 6.45) is 5.21. The van der Waals surface area contributed by atoms with Gasteiger partial charge < -0.3 is 10.4 Å². The molecule has 0 spiro atoms. The van der Waals surface area contributed by atoms with Gasteiger partial charge in [-0.1, -0.05) is 43.2 Å². The molecule has 1 aliphatic rings. The molecule has 1 aromatic rings. The fourth-order valence-corrected chi connectivity index (χ4v) is 3.38. The summed E-state index contributed by atoms with van der Waals surface area (Å²) in [4.78, 5) is 12.1. The Bertz CT molecular complexity index is 438. The molecule has 3 atom stereocenters. The Hall–Kier alpha value is -1.00. The van der Waals surface area contributed by atoms with Gasteiger partial charge in [0, 0.05) is 13.2 Å². The minimum Gasteiger partial charge on any atom is -0.396 e. The second kappa shape index (κ2) is 8.44.